The highest BCUT2D eigenvalue weighted by atomic mass is 16.3. The van der Waals surface area contributed by atoms with E-state index in [1.54, 1.807) is 11.0 Å². The smallest absolute Gasteiger partial charge is 0.255 e. The van der Waals surface area contributed by atoms with Gasteiger partial charge in [-0.3, -0.25) is 9.59 Å². The van der Waals surface area contributed by atoms with Crippen LogP contribution >= 0.6 is 0 Å². The molecule has 120 valence electrons. The Morgan fingerprint density at radius 1 is 1.26 bits per heavy atom. The molecule has 5 nitrogen and oxygen atoms in total. The monoisotopic (exact) mass is 312 g/mol. The van der Waals surface area contributed by atoms with Gasteiger partial charge in [-0.05, 0) is 44.4 Å². The Balaban J connectivity index is 1.78. The van der Waals surface area contributed by atoms with Crippen LogP contribution in [0.1, 0.15) is 33.5 Å². The number of hydrogen-bond acceptors (Lipinski definition) is 3. The lowest BCUT2D eigenvalue weighted by molar-refractivity contribution is -0.118. The fourth-order valence-corrected chi connectivity index (χ4v) is 3.27. The van der Waals surface area contributed by atoms with Crippen molar-refractivity contribution in [2.45, 2.75) is 33.2 Å². The second-order valence-electron chi connectivity index (χ2n) is 6.06. The van der Waals surface area contributed by atoms with Gasteiger partial charge in [-0.1, -0.05) is 17.7 Å². The fourth-order valence-electron chi connectivity index (χ4n) is 3.27. The summed E-state index contributed by atoms with van der Waals surface area (Å²) in [5.41, 5.74) is 4.73. The van der Waals surface area contributed by atoms with Crippen LogP contribution < -0.4 is 10.2 Å². The zero-order valence-corrected chi connectivity index (χ0v) is 13.6. The maximum absolute atomic E-state index is 12.7. The Morgan fingerprint density at radius 2 is 1.96 bits per heavy atom. The molecule has 1 aliphatic heterocycles. The third-order valence-corrected chi connectivity index (χ3v) is 4.20. The van der Waals surface area contributed by atoms with Gasteiger partial charge in [0.1, 0.15) is 12.3 Å². The van der Waals surface area contributed by atoms with E-state index in [9.17, 15) is 9.59 Å². The molecule has 2 aromatic rings. The van der Waals surface area contributed by atoms with Crippen LogP contribution in [-0.4, -0.2) is 24.4 Å². The van der Waals surface area contributed by atoms with E-state index in [1.165, 1.54) is 18.1 Å². The molecule has 0 bridgehead atoms. The summed E-state index contributed by atoms with van der Waals surface area (Å²) in [6.45, 7) is 6.68. The molecule has 1 aromatic heterocycles. The normalized spacial score (nSPS) is 17.6. The maximum Gasteiger partial charge on any atom is 0.255 e. The zero-order chi connectivity index (χ0) is 16.6. The standard InChI is InChI=1S/C18H20N2O3/c1-11-8-12(2)16(13(3)9-11)20-6-4-15(18(20)22)19-17(21)14-5-7-23-10-14/h5,7-10,15H,4,6H2,1-3H3,(H,19,21)/t15-/m0/s1. The van der Waals surface area contributed by atoms with E-state index < -0.39 is 6.04 Å². The number of furan rings is 1. The molecule has 0 unspecified atom stereocenters. The van der Waals surface area contributed by atoms with E-state index in [2.05, 4.69) is 17.4 Å². The highest BCUT2D eigenvalue weighted by molar-refractivity contribution is 6.04. The van der Waals surface area contributed by atoms with E-state index in [0.29, 0.717) is 18.5 Å². The summed E-state index contributed by atoms with van der Waals surface area (Å²) in [7, 11) is 0. The number of anilines is 1. The van der Waals surface area contributed by atoms with Crippen molar-refractivity contribution in [2.75, 3.05) is 11.4 Å². The zero-order valence-electron chi connectivity index (χ0n) is 13.6. The molecule has 3 rings (SSSR count). The Bertz CT molecular complexity index is 727. The molecule has 0 saturated carbocycles. The largest absolute Gasteiger partial charge is 0.472 e. The number of amides is 2. The molecule has 2 heterocycles. The van der Waals surface area contributed by atoms with Crippen molar-refractivity contribution in [3.8, 4) is 0 Å². The first-order valence-electron chi connectivity index (χ1n) is 7.69. The average Bonchev–Trinajstić information content (AvgIpc) is 3.11. The molecule has 1 atom stereocenters. The molecular formula is C18H20N2O3. The minimum absolute atomic E-state index is 0.0584. The predicted molar refractivity (Wildman–Crippen MR) is 87.6 cm³/mol. The molecule has 0 spiro atoms. The third-order valence-electron chi connectivity index (χ3n) is 4.20. The first kappa shape index (κ1) is 15.3. The number of aryl methyl sites for hydroxylation is 3. The highest BCUT2D eigenvalue weighted by Crippen LogP contribution is 2.30. The quantitative estimate of drug-likeness (QED) is 0.948. The van der Waals surface area contributed by atoms with E-state index >= 15 is 0 Å². The maximum atomic E-state index is 12.7. The topological polar surface area (TPSA) is 62.6 Å². The highest BCUT2D eigenvalue weighted by Gasteiger charge is 2.35. The van der Waals surface area contributed by atoms with Crippen molar-refractivity contribution in [2.24, 2.45) is 0 Å². The van der Waals surface area contributed by atoms with Crippen LogP contribution in [0.4, 0.5) is 5.69 Å². The number of nitrogens with one attached hydrogen (secondary N) is 1. The van der Waals surface area contributed by atoms with Crippen LogP contribution in [0.3, 0.4) is 0 Å². The van der Waals surface area contributed by atoms with Crippen molar-refractivity contribution in [3.63, 3.8) is 0 Å². The summed E-state index contributed by atoms with van der Waals surface area (Å²) in [5.74, 6) is -0.340. The number of nitrogens with zero attached hydrogens (tertiary/aromatic N) is 1. The number of carbonyl (C=O) groups excluding carboxylic acids is 2. The van der Waals surface area contributed by atoms with Gasteiger partial charge in [0, 0.05) is 12.2 Å². The second kappa shape index (κ2) is 5.91. The molecular weight excluding hydrogens is 292 g/mol. The van der Waals surface area contributed by atoms with Gasteiger partial charge in [0.2, 0.25) is 5.91 Å². The lowest BCUT2D eigenvalue weighted by Crippen LogP contribution is -2.41. The van der Waals surface area contributed by atoms with Gasteiger partial charge < -0.3 is 14.6 Å². The second-order valence-corrected chi connectivity index (χ2v) is 6.06. The van der Waals surface area contributed by atoms with E-state index in [4.69, 9.17) is 4.42 Å². The van der Waals surface area contributed by atoms with Gasteiger partial charge in [0.05, 0.1) is 11.8 Å². The van der Waals surface area contributed by atoms with Crippen LogP contribution in [0.5, 0.6) is 0 Å². The van der Waals surface area contributed by atoms with Crippen LogP contribution in [0.25, 0.3) is 0 Å². The SMILES string of the molecule is Cc1cc(C)c(N2CC[C@H](NC(=O)c3ccoc3)C2=O)c(C)c1. The van der Waals surface area contributed by atoms with Crippen molar-refractivity contribution in [1.82, 2.24) is 5.32 Å². The van der Waals surface area contributed by atoms with Gasteiger partial charge in [0.25, 0.3) is 5.91 Å². The van der Waals surface area contributed by atoms with Crippen LogP contribution in [-0.2, 0) is 4.79 Å². The molecule has 1 fully saturated rings. The van der Waals surface area contributed by atoms with Crippen molar-refractivity contribution < 1.29 is 14.0 Å². The first-order valence-corrected chi connectivity index (χ1v) is 7.69. The molecule has 5 heteroatoms. The molecule has 1 aromatic carbocycles. The van der Waals surface area contributed by atoms with E-state index in [-0.39, 0.29) is 11.8 Å². The number of carbonyl (C=O) groups is 2. The van der Waals surface area contributed by atoms with Gasteiger partial charge in [-0.25, -0.2) is 0 Å². The average molecular weight is 312 g/mol. The van der Waals surface area contributed by atoms with Crippen LogP contribution in [0, 0.1) is 20.8 Å². The van der Waals surface area contributed by atoms with Gasteiger partial charge in [-0.2, -0.15) is 0 Å². The van der Waals surface area contributed by atoms with Gasteiger partial charge in [0.15, 0.2) is 0 Å². The first-order chi connectivity index (χ1) is 11.0. The number of hydrogen-bond donors (Lipinski definition) is 1. The van der Waals surface area contributed by atoms with Crippen molar-refractivity contribution >= 4 is 17.5 Å². The molecule has 23 heavy (non-hydrogen) atoms. The summed E-state index contributed by atoms with van der Waals surface area (Å²) in [6.07, 6.45) is 3.42. The third kappa shape index (κ3) is 2.86. The van der Waals surface area contributed by atoms with E-state index in [1.807, 2.05) is 20.8 Å². The Labute approximate surface area is 135 Å². The summed E-state index contributed by atoms with van der Waals surface area (Å²) in [4.78, 5) is 26.6. The Kier molecular flexibility index (Phi) is 3.94. The fraction of sp³-hybridized carbons (Fsp3) is 0.333. The summed E-state index contributed by atoms with van der Waals surface area (Å²) < 4.78 is 4.90. The minimum atomic E-state index is -0.488. The Hall–Kier alpha value is -2.56. The molecule has 1 aliphatic rings. The van der Waals surface area contributed by atoms with Crippen LogP contribution in [0.2, 0.25) is 0 Å². The number of benzene rings is 1. The lowest BCUT2D eigenvalue weighted by Gasteiger charge is -2.22. The summed E-state index contributed by atoms with van der Waals surface area (Å²) in [5, 5.41) is 2.79. The lowest BCUT2D eigenvalue weighted by atomic mass is 10.0. The molecule has 2 amide bonds. The molecule has 0 radical (unpaired) electrons. The minimum Gasteiger partial charge on any atom is -0.472 e. The van der Waals surface area contributed by atoms with E-state index in [0.717, 1.165) is 16.8 Å². The van der Waals surface area contributed by atoms with Gasteiger partial charge >= 0.3 is 0 Å². The molecule has 1 N–H and O–H groups in total. The molecule has 0 aliphatic carbocycles. The van der Waals surface area contributed by atoms with Crippen LogP contribution in [0.15, 0.2) is 35.1 Å². The number of rotatable bonds is 3. The predicted octanol–water partition coefficient (Wildman–Crippen LogP) is 2.74. The summed E-state index contributed by atoms with van der Waals surface area (Å²) >= 11 is 0. The van der Waals surface area contributed by atoms with Gasteiger partial charge in [-0.15, -0.1) is 0 Å². The van der Waals surface area contributed by atoms with Crippen molar-refractivity contribution in [1.29, 1.82) is 0 Å². The molecule has 1 saturated heterocycles. The Morgan fingerprint density at radius 3 is 2.57 bits per heavy atom. The van der Waals surface area contributed by atoms with Crippen molar-refractivity contribution in [3.05, 3.63) is 53.0 Å². The summed E-state index contributed by atoms with van der Waals surface area (Å²) in [6, 6.07) is 5.25.